The molecule has 2 aromatic carbocycles. The molecular formula is C21H28O. The van der Waals surface area contributed by atoms with E-state index in [1.807, 2.05) is 0 Å². The highest BCUT2D eigenvalue weighted by molar-refractivity contribution is 5.64. The molecule has 0 fully saturated rings. The Balaban J connectivity index is 1.91. The molecule has 1 nitrogen and oxygen atoms in total. The van der Waals surface area contributed by atoms with Crippen LogP contribution in [0.5, 0.6) is 5.75 Å². The van der Waals surface area contributed by atoms with Crippen LogP contribution in [0.1, 0.15) is 57.9 Å². The smallest absolute Gasteiger partial charge is 0.119 e. The summed E-state index contributed by atoms with van der Waals surface area (Å²) in [6, 6.07) is 17.3. The lowest BCUT2D eigenvalue weighted by molar-refractivity contribution is 0.305. The van der Waals surface area contributed by atoms with Gasteiger partial charge in [0.05, 0.1) is 6.61 Å². The summed E-state index contributed by atoms with van der Waals surface area (Å²) < 4.78 is 5.79. The standard InChI is InChI=1S/C21H28O/c1-4-5-6-7-16-22-21-14-12-20(13-15-21)19-10-8-18(9-11-19)17(2)3/h8-15,17H,4-7,16H2,1-3H3. The van der Waals surface area contributed by atoms with Crippen LogP contribution >= 0.6 is 0 Å². The van der Waals surface area contributed by atoms with Gasteiger partial charge in [-0.25, -0.2) is 0 Å². The van der Waals surface area contributed by atoms with Gasteiger partial charge in [-0.15, -0.1) is 0 Å². The van der Waals surface area contributed by atoms with Crippen LogP contribution < -0.4 is 4.74 Å². The van der Waals surface area contributed by atoms with Crippen LogP contribution in [0.4, 0.5) is 0 Å². The van der Waals surface area contributed by atoms with Gasteiger partial charge in [0.1, 0.15) is 5.75 Å². The molecule has 0 unspecified atom stereocenters. The first-order valence-corrected chi connectivity index (χ1v) is 8.54. The molecule has 2 rings (SSSR count). The van der Waals surface area contributed by atoms with Gasteiger partial charge in [-0.1, -0.05) is 76.4 Å². The largest absolute Gasteiger partial charge is 0.494 e. The molecule has 0 aliphatic carbocycles. The molecule has 0 atom stereocenters. The fourth-order valence-electron chi connectivity index (χ4n) is 2.52. The van der Waals surface area contributed by atoms with E-state index >= 15 is 0 Å². The maximum absolute atomic E-state index is 5.79. The SMILES string of the molecule is CCCCCCOc1ccc(-c2ccc(C(C)C)cc2)cc1. The minimum Gasteiger partial charge on any atom is -0.494 e. The maximum Gasteiger partial charge on any atom is 0.119 e. The van der Waals surface area contributed by atoms with Crippen LogP contribution in [0.25, 0.3) is 11.1 Å². The summed E-state index contributed by atoms with van der Waals surface area (Å²) in [5.74, 6) is 1.55. The molecule has 0 heterocycles. The Kier molecular flexibility index (Phi) is 6.51. The Bertz CT molecular complexity index is 537. The highest BCUT2D eigenvalue weighted by atomic mass is 16.5. The van der Waals surface area contributed by atoms with Gasteiger partial charge in [-0.2, -0.15) is 0 Å². The highest BCUT2D eigenvalue weighted by Gasteiger charge is 2.02. The Morgan fingerprint density at radius 2 is 1.36 bits per heavy atom. The average Bonchev–Trinajstić information content (AvgIpc) is 2.55. The summed E-state index contributed by atoms with van der Waals surface area (Å²) in [5.41, 5.74) is 3.89. The van der Waals surface area contributed by atoms with E-state index in [2.05, 4.69) is 69.3 Å². The van der Waals surface area contributed by atoms with Crippen LogP contribution in [0.2, 0.25) is 0 Å². The Hall–Kier alpha value is -1.76. The first kappa shape index (κ1) is 16.6. The molecule has 0 bridgehead atoms. The van der Waals surface area contributed by atoms with Gasteiger partial charge in [0.15, 0.2) is 0 Å². The number of hydrogen-bond donors (Lipinski definition) is 0. The zero-order valence-corrected chi connectivity index (χ0v) is 14.1. The molecule has 22 heavy (non-hydrogen) atoms. The third kappa shape index (κ3) is 4.91. The summed E-state index contributed by atoms with van der Waals surface area (Å²) in [6.45, 7) is 7.50. The zero-order chi connectivity index (χ0) is 15.8. The first-order chi connectivity index (χ1) is 10.7. The Morgan fingerprint density at radius 3 is 1.91 bits per heavy atom. The fraction of sp³-hybridized carbons (Fsp3) is 0.429. The molecule has 2 aromatic rings. The van der Waals surface area contributed by atoms with Crippen molar-refractivity contribution in [1.82, 2.24) is 0 Å². The van der Waals surface area contributed by atoms with Gasteiger partial charge >= 0.3 is 0 Å². The van der Waals surface area contributed by atoms with Crippen molar-refractivity contribution >= 4 is 0 Å². The van der Waals surface area contributed by atoms with E-state index in [0.29, 0.717) is 5.92 Å². The van der Waals surface area contributed by atoms with Crippen LogP contribution in [0, 0.1) is 0 Å². The average molecular weight is 296 g/mol. The van der Waals surface area contributed by atoms with E-state index in [-0.39, 0.29) is 0 Å². The first-order valence-electron chi connectivity index (χ1n) is 8.54. The summed E-state index contributed by atoms with van der Waals surface area (Å²) in [6.07, 6.45) is 4.97. The zero-order valence-electron chi connectivity index (χ0n) is 14.1. The molecule has 0 amide bonds. The monoisotopic (exact) mass is 296 g/mol. The molecule has 0 saturated carbocycles. The van der Waals surface area contributed by atoms with Crippen LogP contribution in [-0.4, -0.2) is 6.61 Å². The Labute approximate surface area is 135 Å². The van der Waals surface area contributed by atoms with Gasteiger partial charge in [-0.05, 0) is 41.2 Å². The van der Waals surface area contributed by atoms with E-state index in [1.54, 1.807) is 0 Å². The molecule has 0 radical (unpaired) electrons. The van der Waals surface area contributed by atoms with Gasteiger partial charge < -0.3 is 4.74 Å². The van der Waals surface area contributed by atoms with Crippen LogP contribution in [0.3, 0.4) is 0 Å². The highest BCUT2D eigenvalue weighted by Crippen LogP contribution is 2.24. The predicted octanol–water partition coefficient (Wildman–Crippen LogP) is 6.44. The van der Waals surface area contributed by atoms with Crippen LogP contribution in [0.15, 0.2) is 48.5 Å². The predicted molar refractivity (Wildman–Crippen MR) is 95.6 cm³/mol. The van der Waals surface area contributed by atoms with Crippen molar-refractivity contribution in [1.29, 1.82) is 0 Å². The van der Waals surface area contributed by atoms with Crippen molar-refractivity contribution in [2.24, 2.45) is 0 Å². The quantitative estimate of drug-likeness (QED) is 0.509. The van der Waals surface area contributed by atoms with E-state index in [9.17, 15) is 0 Å². The summed E-state index contributed by atoms with van der Waals surface area (Å²) >= 11 is 0. The minimum atomic E-state index is 0.581. The maximum atomic E-state index is 5.79. The van der Waals surface area contributed by atoms with Gasteiger partial charge in [0.2, 0.25) is 0 Å². The molecule has 0 N–H and O–H groups in total. The molecular weight excluding hydrogens is 268 g/mol. The van der Waals surface area contributed by atoms with Crippen molar-refractivity contribution in [3.63, 3.8) is 0 Å². The number of ether oxygens (including phenoxy) is 1. The lowest BCUT2D eigenvalue weighted by Crippen LogP contribution is -1.96. The van der Waals surface area contributed by atoms with E-state index in [4.69, 9.17) is 4.74 Å². The topological polar surface area (TPSA) is 9.23 Å². The third-order valence-electron chi connectivity index (χ3n) is 4.03. The molecule has 0 aliphatic heterocycles. The molecule has 0 aromatic heterocycles. The van der Waals surface area contributed by atoms with Crippen molar-refractivity contribution in [3.8, 4) is 16.9 Å². The minimum absolute atomic E-state index is 0.581. The van der Waals surface area contributed by atoms with Crippen molar-refractivity contribution in [3.05, 3.63) is 54.1 Å². The van der Waals surface area contributed by atoms with Crippen molar-refractivity contribution in [2.75, 3.05) is 6.61 Å². The number of benzene rings is 2. The molecule has 0 saturated heterocycles. The lowest BCUT2D eigenvalue weighted by atomic mass is 9.99. The second-order valence-corrected chi connectivity index (χ2v) is 6.21. The Morgan fingerprint density at radius 1 is 0.773 bits per heavy atom. The number of unbranched alkanes of at least 4 members (excludes halogenated alkanes) is 3. The van der Waals surface area contributed by atoms with E-state index in [1.165, 1.54) is 36.0 Å². The lowest BCUT2D eigenvalue weighted by Gasteiger charge is -2.09. The number of rotatable bonds is 8. The summed E-state index contributed by atoms with van der Waals surface area (Å²) in [4.78, 5) is 0. The van der Waals surface area contributed by atoms with Gasteiger partial charge in [0.25, 0.3) is 0 Å². The van der Waals surface area contributed by atoms with Crippen molar-refractivity contribution in [2.45, 2.75) is 52.4 Å². The van der Waals surface area contributed by atoms with Crippen LogP contribution in [-0.2, 0) is 0 Å². The van der Waals surface area contributed by atoms with Gasteiger partial charge in [-0.3, -0.25) is 0 Å². The summed E-state index contributed by atoms with van der Waals surface area (Å²) in [5, 5.41) is 0. The second kappa shape index (κ2) is 8.63. The second-order valence-electron chi connectivity index (χ2n) is 6.21. The van der Waals surface area contributed by atoms with E-state index in [0.717, 1.165) is 18.8 Å². The van der Waals surface area contributed by atoms with Crippen molar-refractivity contribution < 1.29 is 4.74 Å². The molecule has 0 spiro atoms. The number of hydrogen-bond acceptors (Lipinski definition) is 1. The molecule has 118 valence electrons. The normalized spacial score (nSPS) is 10.9. The molecule has 1 heteroatoms. The third-order valence-corrected chi connectivity index (χ3v) is 4.03. The van der Waals surface area contributed by atoms with E-state index < -0.39 is 0 Å². The molecule has 0 aliphatic rings. The fourth-order valence-corrected chi connectivity index (χ4v) is 2.52. The summed E-state index contributed by atoms with van der Waals surface area (Å²) in [7, 11) is 0. The van der Waals surface area contributed by atoms with Gasteiger partial charge in [0, 0.05) is 0 Å².